The molecule has 18 heavy (non-hydrogen) atoms. The van der Waals surface area contributed by atoms with E-state index in [4.69, 9.17) is 0 Å². The maximum absolute atomic E-state index is 11.4. The third kappa shape index (κ3) is 4.33. The number of amides is 1. The highest BCUT2D eigenvalue weighted by Crippen LogP contribution is 2.13. The maximum atomic E-state index is 11.4. The fourth-order valence-electron chi connectivity index (χ4n) is 1.76. The molecule has 0 radical (unpaired) electrons. The smallest absolute Gasteiger partial charge is 0.269 e. The van der Waals surface area contributed by atoms with Crippen molar-refractivity contribution in [1.29, 1.82) is 0 Å². The fraction of sp³-hybridized carbons (Fsp3) is 0.538. The van der Waals surface area contributed by atoms with Gasteiger partial charge in [0.25, 0.3) is 5.91 Å². The van der Waals surface area contributed by atoms with Crippen LogP contribution in [0.15, 0.2) is 18.3 Å². The first-order valence-electron chi connectivity index (χ1n) is 6.12. The lowest BCUT2D eigenvalue weighted by atomic mass is 10.0. The number of pyridine rings is 1. The second-order valence-electron chi connectivity index (χ2n) is 4.66. The van der Waals surface area contributed by atoms with Crippen molar-refractivity contribution in [3.05, 3.63) is 24.0 Å². The first-order valence-corrected chi connectivity index (χ1v) is 6.12. The largest absolute Gasteiger partial charge is 0.394 e. The first-order chi connectivity index (χ1) is 8.56. The van der Waals surface area contributed by atoms with Crippen molar-refractivity contribution >= 4 is 11.6 Å². The van der Waals surface area contributed by atoms with E-state index in [0.29, 0.717) is 11.6 Å². The molecule has 0 saturated carbocycles. The van der Waals surface area contributed by atoms with Crippen LogP contribution in [0.2, 0.25) is 0 Å². The summed E-state index contributed by atoms with van der Waals surface area (Å²) in [6.07, 6.45) is 2.45. The second kappa shape index (κ2) is 6.96. The van der Waals surface area contributed by atoms with Crippen LogP contribution < -0.4 is 10.6 Å². The van der Waals surface area contributed by atoms with Gasteiger partial charge in [0.1, 0.15) is 5.69 Å². The minimum atomic E-state index is -0.219. The molecule has 0 aliphatic heterocycles. The third-order valence-corrected chi connectivity index (χ3v) is 2.57. The Hall–Kier alpha value is -1.62. The maximum Gasteiger partial charge on any atom is 0.269 e. The molecule has 0 bridgehead atoms. The number of aliphatic hydroxyl groups excluding tert-OH is 1. The topological polar surface area (TPSA) is 74.2 Å². The van der Waals surface area contributed by atoms with Gasteiger partial charge in [0.2, 0.25) is 0 Å². The molecule has 0 aliphatic rings. The van der Waals surface area contributed by atoms with Crippen LogP contribution in [0, 0.1) is 5.92 Å². The third-order valence-electron chi connectivity index (χ3n) is 2.57. The quantitative estimate of drug-likeness (QED) is 0.711. The van der Waals surface area contributed by atoms with E-state index < -0.39 is 0 Å². The molecule has 1 rings (SSSR count). The van der Waals surface area contributed by atoms with Crippen LogP contribution in [0.1, 0.15) is 30.8 Å². The van der Waals surface area contributed by atoms with E-state index in [1.807, 2.05) is 0 Å². The van der Waals surface area contributed by atoms with E-state index in [0.717, 1.165) is 12.1 Å². The molecular formula is C13H21N3O2. The monoisotopic (exact) mass is 251 g/mol. The number of aromatic nitrogens is 1. The molecule has 1 amide bonds. The Balaban J connectivity index is 2.74. The molecule has 1 heterocycles. The van der Waals surface area contributed by atoms with Crippen LogP contribution in [-0.2, 0) is 0 Å². The van der Waals surface area contributed by atoms with Crippen molar-refractivity contribution in [2.75, 3.05) is 19.0 Å². The van der Waals surface area contributed by atoms with Gasteiger partial charge in [0, 0.05) is 25.0 Å². The van der Waals surface area contributed by atoms with Gasteiger partial charge in [0.05, 0.1) is 6.61 Å². The number of anilines is 1. The Morgan fingerprint density at radius 2 is 2.22 bits per heavy atom. The van der Waals surface area contributed by atoms with E-state index in [1.165, 1.54) is 0 Å². The van der Waals surface area contributed by atoms with Crippen molar-refractivity contribution < 1.29 is 9.90 Å². The van der Waals surface area contributed by atoms with Crippen molar-refractivity contribution in [3.63, 3.8) is 0 Å². The Kier molecular flexibility index (Phi) is 5.58. The van der Waals surface area contributed by atoms with Gasteiger partial charge in [-0.1, -0.05) is 13.8 Å². The summed E-state index contributed by atoms with van der Waals surface area (Å²) in [7, 11) is 1.57. The van der Waals surface area contributed by atoms with Gasteiger partial charge in [-0.25, -0.2) is 0 Å². The molecule has 5 nitrogen and oxygen atoms in total. The van der Waals surface area contributed by atoms with Gasteiger partial charge < -0.3 is 15.7 Å². The molecule has 0 aromatic carbocycles. The molecule has 1 atom stereocenters. The average molecular weight is 251 g/mol. The van der Waals surface area contributed by atoms with E-state index in [2.05, 4.69) is 29.5 Å². The molecule has 100 valence electrons. The standard InChI is InChI=1S/C13H21N3O2/c1-9(2)6-11(8-17)16-10-4-5-15-12(7-10)13(18)14-3/h4-5,7,9,11,17H,6,8H2,1-3H3,(H,14,18)(H,15,16). The molecule has 0 saturated heterocycles. The first kappa shape index (κ1) is 14.4. The Bertz CT molecular complexity index is 394. The summed E-state index contributed by atoms with van der Waals surface area (Å²) in [5, 5.41) is 15.0. The molecule has 1 aromatic heterocycles. The minimum absolute atomic E-state index is 0.00932. The Morgan fingerprint density at radius 1 is 1.50 bits per heavy atom. The molecule has 0 fully saturated rings. The van der Waals surface area contributed by atoms with Crippen LogP contribution in [0.4, 0.5) is 5.69 Å². The highest BCUT2D eigenvalue weighted by atomic mass is 16.3. The number of hydrogen-bond acceptors (Lipinski definition) is 4. The number of aliphatic hydroxyl groups is 1. The lowest BCUT2D eigenvalue weighted by Crippen LogP contribution is -2.26. The Morgan fingerprint density at radius 3 is 2.78 bits per heavy atom. The SMILES string of the molecule is CNC(=O)c1cc(NC(CO)CC(C)C)ccn1. The molecule has 0 aliphatic carbocycles. The van der Waals surface area contributed by atoms with Crippen molar-refractivity contribution in [3.8, 4) is 0 Å². The van der Waals surface area contributed by atoms with Gasteiger partial charge in [0.15, 0.2) is 0 Å². The average Bonchev–Trinajstić information content (AvgIpc) is 2.36. The van der Waals surface area contributed by atoms with Gasteiger partial charge in [-0.2, -0.15) is 0 Å². The lowest BCUT2D eigenvalue weighted by molar-refractivity contribution is 0.0958. The van der Waals surface area contributed by atoms with Crippen LogP contribution in [-0.4, -0.2) is 35.7 Å². The summed E-state index contributed by atoms with van der Waals surface area (Å²) in [6, 6.07) is 3.46. The second-order valence-corrected chi connectivity index (χ2v) is 4.66. The zero-order chi connectivity index (χ0) is 13.5. The summed E-state index contributed by atoms with van der Waals surface area (Å²) < 4.78 is 0. The van der Waals surface area contributed by atoms with Crippen molar-refractivity contribution in [1.82, 2.24) is 10.3 Å². The predicted octanol–water partition coefficient (Wildman–Crippen LogP) is 1.26. The van der Waals surface area contributed by atoms with Gasteiger partial charge >= 0.3 is 0 Å². The number of hydrogen-bond donors (Lipinski definition) is 3. The summed E-state index contributed by atoms with van der Waals surface area (Å²) in [6.45, 7) is 4.27. The number of carbonyl (C=O) groups is 1. The normalized spacial score (nSPS) is 12.3. The van der Waals surface area contributed by atoms with Gasteiger partial charge in [-0.3, -0.25) is 9.78 Å². The molecule has 1 aromatic rings. The molecule has 3 N–H and O–H groups in total. The van der Waals surface area contributed by atoms with E-state index >= 15 is 0 Å². The van der Waals surface area contributed by atoms with Crippen LogP contribution in [0.5, 0.6) is 0 Å². The predicted molar refractivity (Wildman–Crippen MR) is 71.6 cm³/mol. The van der Waals surface area contributed by atoms with Gasteiger partial charge in [-0.05, 0) is 24.5 Å². The zero-order valence-corrected chi connectivity index (χ0v) is 11.1. The van der Waals surface area contributed by atoms with Crippen LogP contribution >= 0.6 is 0 Å². The van der Waals surface area contributed by atoms with Crippen LogP contribution in [0.25, 0.3) is 0 Å². The number of nitrogens with zero attached hydrogens (tertiary/aromatic N) is 1. The summed E-state index contributed by atoms with van der Waals surface area (Å²) >= 11 is 0. The molecular weight excluding hydrogens is 230 g/mol. The lowest BCUT2D eigenvalue weighted by Gasteiger charge is -2.19. The van der Waals surface area contributed by atoms with Crippen molar-refractivity contribution in [2.45, 2.75) is 26.3 Å². The van der Waals surface area contributed by atoms with Gasteiger partial charge in [-0.15, -0.1) is 0 Å². The summed E-state index contributed by atoms with van der Waals surface area (Å²) in [4.78, 5) is 15.4. The molecule has 5 heteroatoms. The van der Waals surface area contributed by atoms with E-state index in [9.17, 15) is 9.90 Å². The van der Waals surface area contributed by atoms with Crippen molar-refractivity contribution in [2.24, 2.45) is 5.92 Å². The molecule has 1 unspecified atom stereocenters. The molecule has 0 spiro atoms. The fourth-order valence-corrected chi connectivity index (χ4v) is 1.76. The minimum Gasteiger partial charge on any atom is -0.394 e. The Labute approximate surface area is 108 Å². The number of nitrogens with one attached hydrogen (secondary N) is 2. The summed E-state index contributed by atoms with van der Waals surface area (Å²) in [5.41, 5.74) is 1.16. The van der Waals surface area contributed by atoms with E-state index in [1.54, 1.807) is 25.4 Å². The number of carbonyl (C=O) groups excluding carboxylic acids is 1. The highest BCUT2D eigenvalue weighted by molar-refractivity contribution is 5.92. The van der Waals surface area contributed by atoms with E-state index in [-0.39, 0.29) is 18.6 Å². The zero-order valence-electron chi connectivity index (χ0n) is 11.1. The van der Waals surface area contributed by atoms with Crippen LogP contribution in [0.3, 0.4) is 0 Å². The highest BCUT2D eigenvalue weighted by Gasteiger charge is 2.11. The number of rotatable bonds is 6. The summed E-state index contributed by atoms with van der Waals surface area (Å²) in [5.74, 6) is 0.276.